The van der Waals surface area contributed by atoms with Crippen molar-refractivity contribution in [1.82, 2.24) is 0 Å². The smallest absolute Gasteiger partial charge is 0.146 e. The number of benzene rings is 2. The largest absolute Gasteiger partial charge is 0.380 e. The number of rotatable bonds is 5. The average Bonchev–Trinajstić information content (AvgIpc) is 2.41. The van der Waals surface area contributed by atoms with Crippen molar-refractivity contribution in [2.24, 2.45) is 0 Å². The molecular formula is C18H22FN. The fourth-order valence-electron chi connectivity index (χ4n) is 2.38. The van der Waals surface area contributed by atoms with E-state index >= 15 is 0 Å². The quantitative estimate of drug-likeness (QED) is 0.817. The van der Waals surface area contributed by atoms with Gasteiger partial charge in [0.2, 0.25) is 0 Å². The second-order valence-electron chi connectivity index (χ2n) is 5.50. The van der Waals surface area contributed by atoms with Gasteiger partial charge in [0, 0.05) is 6.04 Å². The third-order valence-electron chi connectivity index (χ3n) is 3.56. The van der Waals surface area contributed by atoms with E-state index in [1.807, 2.05) is 13.0 Å². The van der Waals surface area contributed by atoms with E-state index in [0.29, 0.717) is 5.69 Å². The molecule has 0 radical (unpaired) electrons. The maximum atomic E-state index is 13.8. The van der Waals surface area contributed by atoms with Crippen LogP contribution >= 0.6 is 0 Å². The summed E-state index contributed by atoms with van der Waals surface area (Å²) in [6.07, 6.45) is 1.99. The zero-order chi connectivity index (χ0) is 14.5. The minimum Gasteiger partial charge on any atom is -0.380 e. The van der Waals surface area contributed by atoms with Crippen molar-refractivity contribution in [2.75, 3.05) is 5.32 Å². The molecule has 0 bridgehead atoms. The van der Waals surface area contributed by atoms with E-state index in [0.717, 1.165) is 18.4 Å². The standard InChI is InChI=1S/C18H22FN/c1-13-6-4-8-16(12-13)11-10-15(3)20-18-14(2)7-5-9-17(18)19/h4-9,12,15,20H,10-11H2,1-3H3. The molecule has 1 N–H and O–H groups in total. The highest BCUT2D eigenvalue weighted by atomic mass is 19.1. The Hall–Kier alpha value is -1.83. The van der Waals surface area contributed by atoms with Crippen molar-refractivity contribution >= 4 is 5.69 Å². The summed E-state index contributed by atoms with van der Waals surface area (Å²) in [5, 5.41) is 3.29. The number of nitrogens with one attached hydrogen (secondary N) is 1. The molecule has 0 aliphatic rings. The van der Waals surface area contributed by atoms with E-state index in [2.05, 4.69) is 43.4 Å². The molecule has 2 heteroatoms. The van der Waals surface area contributed by atoms with Crippen LogP contribution in [0, 0.1) is 19.7 Å². The fourth-order valence-corrected chi connectivity index (χ4v) is 2.38. The SMILES string of the molecule is Cc1cccc(CCC(C)Nc2c(C)cccc2F)c1. The summed E-state index contributed by atoms with van der Waals surface area (Å²) in [7, 11) is 0. The van der Waals surface area contributed by atoms with Crippen molar-refractivity contribution in [3.63, 3.8) is 0 Å². The first-order valence-electron chi connectivity index (χ1n) is 7.13. The van der Waals surface area contributed by atoms with Gasteiger partial charge in [0.15, 0.2) is 0 Å². The third-order valence-corrected chi connectivity index (χ3v) is 3.56. The van der Waals surface area contributed by atoms with Crippen LogP contribution in [-0.4, -0.2) is 6.04 Å². The first-order valence-corrected chi connectivity index (χ1v) is 7.13. The normalized spacial score (nSPS) is 12.2. The highest BCUT2D eigenvalue weighted by molar-refractivity contribution is 5.52. The Morgan fingerprint density at radius 2 is 1.85 bits per heavy atom. The number of halogens is 1. The molecule has 0 saturated carbocycles. The van der Waals surface area contributed by atoms with Gasteiger partial charge in [0.1, 0.15) is 5.82 Å². The minimum atomic E-state index is -0.174. The summed E-state index contributed by atoms with van der Waals surface area (Å²) in [6.45, 7) is 6.13. The van der Waals surface area contributed by atoms with Gasteiger partial charge in [-0.3, -0.25) is 0 Å². The predicted molar refractivity (Wildman–Crippen MR) is 83.7 cm³/mol. The first kappa shape index (κ1) is 14.6. The Balaban J connectivity index is 1.94. The highest BCUT2D eigenvalue weighted by Crippen LogP contribution is 2.20. The molecule has 2 aromatic rings. The zero-order valence-corrected chi connectivity index (χ0v) is 12.4. The molecule has 0 aliphatic heterocycles. The van der Waals surface area contributed by atoms with Gasteiger partial charge in [0.25, 0.3) is 0 Å². The van der Waals surface area contributed by atoms with E-state index in [1.54, 1.807) is 6.07 Å². The van der Waals surface area contributed by atoms with Crippen LogP contribution in [0.5, 0.6) is 0 Å². The maximum Gasteiger partial charge on any atom is 0.146 e. The number of aryl methyl sites for hydroxylation is 3. The topological polar surface area (TPSA) is 12.0 Å². The van der Waals surface area contributed by atoms with Crippen LogP contribution in [0.1, 0.15) is 30.0 Å². The molecule has 2 rings (SSSR count). The number of para-hydroxylation sites is 1. The lowest BCUT2D eigenvalue weighted by Gasteiger charge is -2.17. The van der Waals surface area contributed by atoms with Crippen molar-refractivity contribution in [3.05, 3.63) is 65.0 Å². The Morgan fingerprint density at radius 3 is 2.55 bits per heavy atom. The summed E-state index contributed by atoms with van der Waals surface area (Å²) in [6, 6.07) is 14.0. The maximum absolute atomic E-state index is 13.8. The average molecular weight is 271 g/mol. The van der Waals surface area contributed by atoms with Crippen molar-refractivity contribution in [2.45, 2.75) is 39.7 Å². The Kier molecular flexibility index (Phi) is 4.78. The van der Waals surface area contributed by atoms with Crippen LogP contribution < -0.4 is 5.32 Å². The van der Waals surface area contributed by atoms with E-state index in [4.69, 9.17) is 0 Å². The zero-order valence-electron chi connectivity index (χ0n) is 12.4. The second kappa shape index (κ2) is 6.56. The molecule has 2 aromatic carbocycles. The molecule has 0 aromatic heterocycles. The van der Waals surface area contributed by atoms with E-state index in [-0.39, 0.29) is 11.9 Å². The van der Waals surface area contributed by atoms with E-state index in [1.165, 1.54) is 17.2 Å². The first-order chi connectivity index (χ1) is 9.56. The molecule has 1 atom stereocenters. The Morgan fingerprint density at radius 1 is 1.10 bits per heavy atom. The molecule has 0 heterocycles. The lowest BCUT2D eigenvalue weighted by Crippen LogP contribution is -2.17. The van der Waals surface area contributed by atoms with Gasteiger partial charge >= 0.3 is 0 Å². The number of hydrogen-bond donors (Lipinski definition) is 1. The van der Waals surface area contributed by atoms with Crippen molar-refractivity contribution < 1.29 is 4.39 Å². The fraction of sp³-hybridized carbons (Fsp3) is 0.333. The lowest BCUT2D eigenvalue weighted by molar-refractivity contribution is 0.620. The highest BCUT2D eigenvalue weighted by Gasteiger charge is 2.09. The summed E-state index contributed by atoms with van der Waals surface area (Å²) in [5.41, 5.74) is 4.20. The number of anilines is 1. The third kappa shape index (κ3) is 3.83. The molecule has 0 amide bonds. The van der Waals surface area contributed by atoms with E-state index < -0.39 is 0 Å². The molecule has 20 heavy (non-hydrogen) atoms. The van der Waals surface area contributed by atoms with Crippen LogP contribution in [0.4, 0.5) is 10.1 Å². The molecule has 0 fully saturated rings. The van der Waals surface area contributed by atoms with Crippen molar-refractivity contribution in [1.29, 1.82) is 0 Å². The minimum absolute atomic E-state index is 0.174. The van der Waals surface area contributed by atoms with Gasteiger partial charge < -0.3 is 5.32 Å². The van der Waals surface area contributed by atoms with E-state index in [9.17, 15) is 4.39 Å². The van der Waals surface area contributed by atoms with Gasteiger partial charge in [-0.05, 0) is 50.8 Å². The van der Waals surface area contributed by atoms with Crippen LogP contribution in [0.25, 0.3) is 0 Å². The Labute approximate surface area is 120 Å². The molecule has 0 spiro atoms. The summed E-state index contributed by atoms with van der Waals surface area (Å²) in [4.78, 5) is 0. The van der Waals surface area contributed by atoms with Crippen molar-refractivity contribution in [3.8, 4) is 0 Å². The monoisotopic (exact) mass is 271 g/mol. The van der Waals surface area contributed by atoms with Crippen LogP contribution in [0.3, 0.4) is 0 Å². The Bertz CT molecular complexity index is 557. The van der Waals surface area contributed by atoms with Gasteiger partial charge in [0.05, 0.1) is 5.69 Å². The molecule has 0 saturated heterocycles. The predicted octanol–water partition coefficient (Wildman–Crippen LogP) is 4.88. The summed E-state index contributed by atoms with van der Waals surface area (Å²) >= 11 is 0. The molecule has 1 unspecified atom stereocenters. The van der Waals surface area contributed by atoms with Crippen LogP contribution in [0.15, 0.2) is 42.5 Å². The lowest BCUT2D eigenvalue weighted by atomic mass is 10.0. The summed E-state index contributed by atoms with van der Waals surface area (Å²) < 4.78 is 13.8. The van der Waals surface area contributed by atoms with Crippen LogP contribution in [0.2, 0.25) is 0 Å². The second-order valence-corrected chi connectivity index (χ2v) is 5.50. The van der Waals surface area contributed by atoms with Gasteiger partial charge in [-0.1, -0.05) is 42.0 Å². The van der Waals surface area contributed by atoms with Gasteiger partial charge in [-0.15, -0.1) is 0 Å². The molecule has 1 nitrogen and oxygen atoms in total. The molecule has 0 aliphatic carbocycles. The molecule has 106 valence electrons. The summed E-state index contributed by atoms with van der Waals surface area (Å²) in [5.74, 6) is -0.174. The van der Waals surface area contributed by atoms with Crippen LogP contribution in [-0.2, 0) is 6.42 Å². The van der Waals surface area contributed by atoms with Gasteiger partial charge in [-0.2, -0.15) is 0 Å². The van der Waals surface area contributed by atoms with Gasteiger partial charge in [-0.25, -0.2) is 4.39 Å². The number of hydrogen-bond acceptors (Lipinski definition) is 1. The molecular weight excluding hydrogens is 249 g/mol.